The third kappa shape index (κ3) is 3.73. The second kappa shape index (κ2) is 6.42. The number of aliphatic hydroxyl groups excluding tert-OH is 1. The summed E-state index contributed by atoms with van der Waals surface area (Å²) >= 11 is 12.1. The Morgan fingerprint density at radius 3 is 2.42 bits per heavy atom. The van der Waals surface area contributed by atoms with Crippen molar-refractivity contribution in [3.8, 4) is 0 Å². The van der Waals surface area contributed by atoms with Gasteiger partial charge in [-0.2, -0.15) is 0 Å². The van der Waals surface area contributed by atoms with Crippen LogP contribution in [0, 0.1) is 0 Å². The molecule has 100 valence electrons. The molecule has 2 atom stereocenters. The molecule has 0 aliphatic rings. The standard InChI is InChI=1S/C16H16Cl2O/c1-11(12-5-3-2-4-6-12)16(19)10-13-9-14(17)7-8-15(13)18/h2-9,11,16,19H,10H2,1H3. The van der Waals surface area contributed by atoms with E-state index in [0.717, 1.165) is 11.1 Å². The summed E-state index contributed by atoms with van der Waals surface area (Å²) in [4.78, 5) is 0. The van der Waals surface area contributed by atoms with Crippen LogP contribution < -0.4 is 0 Å². The molecule has 2 aromatic rings. The Hall–Kier alpha value is -1.02. The molecule has 0 amide bonds. The van der Waals surface area contributed by atoms with Gasteiger partial charge >= 0.3 is 0 Å². The van der Waals surface area contributed by atoms with Crippen molar-refractivity contribution in [1.29, 1.82) is 0 Å². The summed E-state index contributed by atoms with van der Waals surface area (Å²) in [6.45, 7) is 2.01. The van der Waals surface area contributed by atoms with Crippen molar-refractivity contribution >= 4 is 23.2 Å². The van der Waals surface area contributed by atoms with Gasteiger partial charge in [-0.05, 0) is 29.3 Å². The first-order valence-electron chi connectivity index (χ1n) is 6.25. The molecular weight excluding hydrogens is 279 g/mol. The monoisotopic (exact) mass is 294 g/mol. The molecule has 0 spiro atoms. The molecule has 0 saturated carbocycles. The van der Waals surface area contributed by atoms with Gasteiger partial charge in [-0.1, -0.05) is 60.5 Å². The Balaban J connectivity index is 2.12. The number of benzene rings is 2. The predicted octanol–water partition coefficient (Wildman–Crippen LogP) is 4.70. The van der Waals surface area contributed by atoms with Gasteiger partial charge in [-0.25, -0.2) is 0 Å². The topological polar surface area (TPSA) is 20.2 Å². The predicted molar refractivity (Wildman–Crippen MR) is 81.0 cm³/mol. The van der Waals surface area contributed by atoms with Crippen LogP contribution in [0.25, 0.3) is 0 Å². The SMILES string of the molecule is CC(c1ccccc1)C(O)Cc1cc(Cl)ccc1Cl. The van der Waals surface area contributed by atoms with Crippen LogP contribution in [-0.4, -0.2) is 11.2 Å². The molecular formula is C16H16Cl2O. The minimum atomic E-state index is -0.488. The van der Waals surface area contributed by atoms with Gasteiger partial charge in [0.15, 0.2) is 0 Å². The van der Waals surface area contributed by atoms with E-state index >= 15 is 0 Å². The third-order valence-electron chi connectivity index (χ3n) is 3.34. The summed E-state index contributed by atoms with van der Waals surface area (Å²) < 4.78 is 0. The molecule has 3 heteroatoms. The Labute approximate surface area is 123 Å². The molecule has 0 heterocycles. The summed E-state index contributed by atoms with van der Waals surface area (Å²) in [6.07, 6.45) is 0.00787. The normalized spacial score (nSPS) is 14.1. The second-order valence-corrected chi connectivity index (χ2v) is 5.55. The van der Waals surface area contributed by atoms with E-state index in [2.05, 4.69) is 0 Å². The van der Waals surface area contributed by atoms with E-state index in [-0.39, 0.29) is 5.92 Å². The zero-order valence-corrected chi connectivity index (χ0v) is 12.2. The zero-order valence-electron chi connectivity index (χ0n) is 10.7. The quantitative estimate of drug-likeness (QED) is 0.866. The van der Waals surface area contributed by atoms with Gasteiger partial charge in [0.25, 0.3) is 0 Å². The van der Waals surface area contributed by atoms with Gasteiger partial charge in [0, 0.05) is 22.4 Å². The molecule has 0 aromatic heterocycles. The van der Waals surface area contributed by atoms with Crippen LogP contribution in [-0.2, 0) is 6.42 Å². The molecule has 1 nitrogen and oxygen atoms in total. The average molecular weight is 295 g/mol. The lowest BCUT2D eigenvalue weighted by Crippen LogP contribution is -2.18. The molecule has 1 N–H and O–H groups in total. The van der Waals surface area contributed by atoms with E-state index in [1.807, 2.05) is 43.3 Å². The summed E-state index contributed by atoms with van der Waals surface area (Å²) in [5.74, 6) is 0.0521. The molecule has 0 radical (unpaired) electrons. The van der Waals surface area contributed by atoms with Crippen LogP contribution in [0.5, 0.6) is 0 Å². The van der Waals surface area contributed by atoms with Crippen LogP contribution in [0.4, 0.5) is 0 Å². The van der Waals surface area contributed by atoms with Crippen molar-refractivity contribution in [2.24, 2.45) is 0 Å². The Kier molecular flexibility index (Phi) is 4.87. The van der Waals surface area contributed by atoms with Gasteiger partial charge in [0.05, 0.1) is 6.10 Å². The maximum absolute atomic E-state index is 10.3. The number of aliphatic hydroxyl groups is 1. The van der Waals surface area contributed by atoms with E-state index in [4.69, 9.17) is 23.2 Å². The lowest BCUT2D eigenvalue weighted by atomic mass is 9.91. The van der Waals surface area contributed by atoms with Crippen molar-refractivity contribution in [3.63, 3.8) is 0 Å². The summed E-state index contributed by atoms with van der Waals surface area (Å²) in [5, 5.41) is 11.6. The molecule has 0 saturated heterocycles. The summed E-state index contributed by atoms with van der Waals surface area (Å²) in [5.41, 5.74) is 2.00. The van der Waals surface area contributed by atoms with Gasteiger partial charge in [0.1, 0.15) is 0 Å². The van der Waals surface area contributed by atoms with E-state index in [1.165, 1.54) is 0 Å². The van der Waals surface area contributed by atoms with Crippen LogP contribution >= 0.6 is 23.2 Å². The lowest BCUT2D eigenvalue weighted by molar-refractivity contribution is 0.149. The molecule has 0 aliphatic carbocycles. The number of hydrogen-bond acceptors (Lipinski definition) is 1. The van der Waals surface area contributed by atoms with E-state index in [0.29, 0.717) is 16.5 Å². The van der Waals surface area contributed by atoms with Gasteiger partial charge in [-0.15, -0.1) is 0 Å². The number of halogens is 2. The minimum absolute atomic E-state index is 0.0521. The highest BCUT2D eigenvalue weighted by Crippen LogP contribution is 2.26. The fourth-order valence-electron chi connectivity index (χ4n) is 2.08. The third-order valence-corrected chi connectivity index (χ3v) is 3.94. The van der Waals surface area contributed by atoms with Crippen molar-refractivity contribution in [3.05, 3.63) is 69.7 Å². The largest absolute Gasteiger partial charge is 0.392 e. The number of rotatable bonds is 4. The Bertz CT molecular complexity index is 540. The fourth-order valence-corrected chi connectivity index (χ4v) is 2.47. The first kappa shape index (κ1) is 14.4. The van der Waals surface area contributed by atoms with E-state index in [9.17, 15) is 5.11 Å². The van der Waals surface area contributed by atoms with Crippen LogP contribution in [0.3, 0.4) is 0 Å². The minimum Gasteiger partial charge on any atom is -0.392 e. The van der Waals surface area contributed by atoms with Crippen LogP contribution in [0.1, 0.15) is 24.0 Å². The summed E-state index contributed by atoms with van der Waals surface area (Å²) in [7, 11) is 0. The van der Waals surface area contributed by atoms with Gasteiger partial charge in [0.2, 0.25) is 0 Å². The average Bonchev–Trinajstić information content (AvgIpc) is 2.43. The maximum atomic E-state index is 10.3. The molecule has 2 rings (SSSR count). The van der Waals surface area contributed by atoms with Crippen molar-refractivity contribution < 1.29 is 5.11 Å². The molecule has 2 unspecified atom stereocenters. The number of hydrogen-bond donors (Lipinski definition) is 1. The smallest absolute Gasteiger partial charge is 0.0646 e. The zero-order chi connectivity index (χ0) is 13.8. The van der Waals surface area contributed by atoms with Crippen molar-refractivity contribution in [2.75, 3.05) is 0 Å². The second-order valence-electron chi connectivity index (χ2n) is 4.71. The Morgan fingerprint density at radius 2 is 1.74 bits per heavy atom. The first-order chi connectivity index (χ1) is 9.08. The van der Waals surface area contributed by atoms with Gasteiger partial charge < -0.3 is 5.11 Å². The highest BCUT2D eigenvalue weighted by molar-refractivity contribution is 6.33. The lowest BCUT2D eigenvalue weighted by Gasteiger charge is -2.20. The van der Waals surface area contributed by atoms with Crippen molar-refractivity contribution in [1.82, 2.24) is 0 Å². The van der Waals surface area contributed by atoms with E-state index < -0.39 is 6.10 Å². The molecule has 2 aromatic carbocycles. The Morgan fingerprint density at radius 1 is 1.05 bits per heavy atom. The highest BCUT2D eigenvalue weighted by Gasteiger charge is 2.17. The van der Waals surface area contributed by atoms with Crippen molar-refractivity contribution in [2.45, 2.75) is 25.4 Å². The maximum Gasteiger partial charge on any atom is 0.0646 e. The highest BCUT2D eigenvalue weighted by atomic mass is 35.5. The molecule has 0 bridgehead atoms. The molecule has 19 heavy (non-hydrogen) atoms. The first-order valence-corrected chi connectivity index (χ1v) is 7.00. The van der Waals surface area contributed by atoms with Gasteiger partial charge in [-0.3, -0.25) is 0 Å². The fraction of sp³-hybridized carbons (Fsp3) is 0.250. The molecule has 0 aliphatic heterocycles. The van der Waals surface area contributed by atoms with Crippen LogP contribution in [0.15, 0.2) is 48.5 Å². The molecule has 0 fully saturated rings. The summed E-state index contributed by atoms with van der Waals surface area (Å²) in [6, 6.07) is 15.3. The van der Waals surface area contributed by atoms with E-state index in [1.54, 1.807) is 12.1 Å². The van der Waals surface area contributed by atoms with Crippen LogP contribution in [0.2, 0.25) is 10.0 Å².